The molecule has 80 valence electrons. The van der Waals surface area contributed by atoms with Crippen LogP contribution in [0.1, 0.15) is 33.1 Å². The van der Waals surface area contributed by atoms with Gasteiger partial charge in [0.15, 0.2) is 0 Å². The summed E-state index contributed by atoms with van der Waals surface area (Å²) in [7, 11) is 0. The Hall–Kier alpha value is -0.520. The lowest BCUT2D eigenvalue weighted by Crippen LogP contribution is -2.37. The standard InChI is InChI=1S/C12H22N2/c1-3-5-6-10-14(4-2)11-12-8-7-9-13-12/h12-13H,4,6-11H2,1-2H3. The van der Waals surface area contributed by atoms with Gasteiger partial charge < -0.3 is 10.2 Å². The van der Waals surface area contributed by atoms with Gasteiger partial charge in [-0.25, -0.2) is 0 Å². The molecule has 1 aliphatic rings. The molecule has 0 aliphatic carbocycles. The predicted molar refractivity (Wildman–Crippen MR) is 61.2 cm³/mol. The van der Waals surface area contributed by atoms with Crippen LogP contribution < -0.4 is 5.32 Å². The fraction of sp³-hybridized carbons (Fsp3) is 0.833. The van der Waals surface area contributed by atoms with Gasteiger partial charge in [0, 0.05) is 25.6 Å². The molecule has 0 aromatic carbocycles. The van der Waals surface area contributed by atoms with Crippen LogP contribution in [0.3, 0.4) is 0 Å². The number of hydrogen-bond donors (Lipinski definition) is 1. The molecule has 0 amide bonds. The van der Waals surface area contributed by atoms with Gasteiger partial charge in [0.2, 0.25) is 0 Å². The average Bonchev–Trinajstić information content (AvgIpc) is 2.69. The van der Waals surface area contributed by atoms with Gasteiger partial charge in [-0.05, 0) is 32.9 Å². The van der Waals surface area contributed by atoms with E-state index in [0.717, 1.165) is 25.6 Å². The normalized spacial score (nSPS) is 20.9. The molecule has 1 aliphatic heterocycles. The first-order valence-corrected chi connectivity index (χ1v) is 5.72. The molecule has 2 nitrogen and oxygen atoms in total. The van der Waals surface area contributed by atoms with Crippen molar-refractivity contribution in [3.8, 4) is 11.8 Å². The van der Waals surface area contributed by atoms with Crippen molar-refractivity contribution in [3.63, 3.8) is 0 Å². The Morgan fingerprint density at radius 2 is 2.36 bits per heavy atom. The van der Waals surface area contributed by atoms with Crippen LogP contribution in [0, 0.1) is 11.8 Å². The number of nitrogens with zero attached hydrogens (tertiary/aromatic N) is 1. The molecule has 1 saturated heterocycles. The summed E-state index contributed by atoms with van der Waals surface area (Å²) in [5.74, 6) is 6.07. The van der Waals surface area contributed by atoms with Crippen LogP contribution in [0.15, 0.2) is 0 Å². The van der Waals surface area contributed by atoms with Crippen LogP contribution in [0.25, 0.3) is 0 Å². The third kappa shape index (κ3) is 4.13. The average molecular weight is 194 g/mol. The Kier molecular flexibility index (Phi) is 5.66. The Balaban J connectivity index is 2.18. The first-order valence-electron chi connectivity index (χ1n) is 5.72. The second kappa shape index (κ2) is 6.86. The maximum Gasteiger partial charge on any atom is 0.0216 e. The highest BCUT2D eigenvalue weighted by Crippen LogP contribution is 2.06. The largest absolute Gasteiger partial charge is 0.313 e. The molecule has 1 atom stereocenters. The van der Waals surface area contributed by atoms with Gasteiger partial charge in [0.1, 0.15) is 0 Å². The minimum Gasteiger partial charge on any atom is -0.313 e. The van der Waals surface area contributed by atoms with Gasteiger partial charge >= 0.3 is 0 Å². The van der Waals surface area contributed by atoms with Crippen LogP contribution in [0.4, 0.5) is 0 Å². The molecule has 14 heavy (non-hydrogen) atoms. The highest BCUT2D eigenvalue weighted by molar-refractivity contribution is 4.95. The van der Waals surface area contributed by atoms with Gasteiger partial charge in [0.25, 0.3) is 0 Å². The zero-order chi connectivity index (χ0) is 10.2. The molecule has 1 rings (SSSR count). The van der Waals surface area contributed by atoms with E-state index in [1.165, 1.54) is 25.9 Å². The van der Waals surface area contributed by atoms with E-state index in [1.54, 1.807) is 0 Å². The maximum atomic E-state index is 3.53. The molecule has 1 N–H and O–H groups in total. The van der Waals surface area contributed by atoms with E-state index < -0.39 is 0 Å². The van der Waals surface area contributed by atoms with Crippen molar-refractivity contribution in [2.75, 3.05) is 26.2 Å². The summed E-state index contributed by atoms with van der Waals surface area (Å²) in [5.41, 5.74) is 0. The molecule has 0 bridgehead atoms. The van der Waals surface area contributed by atoms with E-state index >= 15 is 0 Å². The molecule has 1 fully saturated rings. The maximum absolute atomic E-state index is 3.53. The Bertz CT molecular complexity index is 196. The number of likely N-dealkylation sites (N-methyl/N-ethyl adjacent to an activating group) is 1. The molecule has 1 heterocycles. The first kappa shape index (κ1) is 11.6. The van der Waals surface area contributed by atoms with Crippen molar-refractivity contribution in [2.45, 2.75) is 39.2 Å². The minimum atomic E-state index is 0.726. The Morgan fingerprint density at radius 1 is 1.50 bits per heavy atom. The molecule has 0 saturated carbocycles. The van der Waals surface area contributed by atoms with Crippen molar-refractivity contribution < 1.29 is 0 Å². The zero-order valence-electron chi connectivity index (χ0n) is 9.47. The summed E-state index contributed by atoms with van der Waals surface area (Å²) in [6, 6.07) is 0.726. The van der Waals surface area contributed by atoms with Crippen LogP contribution in [0.5, 0.6) is 0 Å². The fourth-order valence-electron chi connectivity index (χ4n) is 1.94. The van der Waals surface area contributed by atoms with Crippen LogP contribution in [-0.2, 0) is 0 Å². The van der Waals surface area contributed by atoms with Crippen molar-refractivity contribution in [1.82, 2.24) is 10.2 Å². The van der Waals surface area contributed by atoms with Gasteiger partial charge in [0.05, 0.1) is 0 Å². The molecular weight excluding hydrogens is 172 g/mol. The molecule has 2 heteroatoms. The highest BCUT2D eigenvalue weighted by atomic mass is 15.1. The van der Waals surface area contributed by atoms with E-state index in [0.29, 0.717) is 0 Å². The summed E-state index contributed by atoms with van der Waals surface area (Å²) in [5, 5.41) is 3.53. The third-order valence-electron chi connectivity index (χ3n) is 2.82. The lowest BCUT2D eigenvalue weighted by molar-refractivity contribution is 0.267. The van der Waals surface area contributed by atoms with Gasteiger partial charge in [-0.2, -0.15) is 0 Å². The molecule has 1 unspecified atom stereocenters. The van der Waals surface area contributed by atoms with Gasteiger partial charge in [-0.15, -0.1) is 11.8 Å². The van der Waals surface area contributed by atoms with E-state index in [1.807, 2.05) is 6.92 Å². The summed E-state index contributed by atoms with van der Waals surface area (Å²) < 4.78 is 0. The van der Waals surface area contributed by atoms with Gasteiger partial charge in [-0.3, -0.25) is 0 Å². The third-order valence-corrected chi connectivity index (χ3v) is 2.82. The van der Waals surface area contributed by atoms with E-state index in [9.17, 15) is 0 Å². The summed E-state index contributed by atoms with van der Waals surface area (Å²) in [6.45, 7) is 8.81. The lowest BCUT2D eigenvalue weighted by Gasteiger charge is -2.23. The fourth-order valence-corrected chi connectivity index (χ4v) is 1.94. The first-order chi connectivity index (χ1) is 6.86. The van der Waals surface area contributed by atoms with Crippen molar-refractivity contribution in [1.29, 1.82) is 0 Å². The summed E-state index contributed by atoms with van der Waals surface area (Å²) in [6.07, 6.45) is 3.70. The van der Waals surface area contributed by atoms with Crippen molar-refractivity contribution in [3.05, 3.63) is 0 Å². The molecule has 0 radical (unpaired) electrons. The van der Waals surface area contributed by atoms with Crippen molar-refractivity contribution >= 4 is 0 Å². The predicted octanol–water partition coefficient (Wildman–Crippen LogP) is 1.47. The number of nitrogens with one attached hydrogen (secondary N) is 1. The second-order valence-corrected chi connectivity index (χ2v) is 3.86. The summed E-state index contributed by atoms with van der Waals surface area (Å²) >= 11 is 0. The Morgan fingerprint density at radius 3 is 2.93 bits per heavy atom. The van der Waals surface area contributed by atoms with E-state index in [2.05, 4.69) is 29.0 Å². The molecule has 0 aromatic heterocycles. The van der Waals surface area contributed by atoms with Gasteiger partial charge in [-0.1, -0.05) is 6.92 Å². The van der Waals surface area contributed by atoms with E-state index in [-0.39, 0.29) is 0 Å². The van der Waals surface area contributed by atoms with Crippen LogP contribution in [0.2, 0.25) is 0 Å². The lowest BCUT2D eigenvalue weighted by atomic mass is 10.2. The quantitative estimate of drug-likeness (QED) is 0.667. The topological polar surface area (TPSA) is 15.3 Å². The van der Waals surface area contributed by atoms with Crippen molar-refractivity contribution in [2.24, 2.45) is 0 Å². The Labute approximate surface area is 88.1 Å². The molecule has 0 aromatic rings. The smallest absolute Gasteiger partial charge is 0.0216 e. The minimum absolute atomic E-state index is 0.726. The SMILES string of the molecule is CC#CCCN(CC)CC1CCCN1. The van der Waals surface area contributed by atoms with Crippen LogP contribution >= 0.6 is 0 Å². The van der Waals surface area contributed by atoms with Crippen LogP contribution in [-0.4, -0.2) is 37.1 Å². The zero-order valence-corrected chi connectivity index (χ0v) is 9.47. The molecular formula is C12H22N2. The monoisotopic (exact) mass is 194 g/mol. The number of rotatable bonds is 5. The highest BCUT2D eigenvalue weighted by Gasteiger charge is 2.16. The number of hydrogen-bond acceptors (Lipinski definition) is 2. The second-order valence-electron chi connectivity index (χ2n) is 3.86. The van der Waals surface area contributed by atoms with E-state index in [4.69, 9.17) is 0 Å². The summed E-state index contributed by atoms with van der Waals surface area (Å²) in [4.78, 5) is 2.49. The molecule has 0 spiro atoms.